The van der Waals surface area contributed by atoms with Crippen LogP contribution in [0.1, 0.15) is 51.4 Å². The Morgan fingerprint density at radius 1 is 1.26 bits per heavy atom. The van der Waals surface area contributed by atoms with Crippen LogP contribution in [0, 0.1) is 5.92 Å². The van der Waals surface area contributed by atoms with E-state index < -0.39 is 0 Å². The van der Waals surface area contributed by atoms with Gasteiger partial charge in [-0.1, -0.05) is 0 Å². The lowest BCUT2D eigenvalue weighted by atomic mass is 9.84. The van der Waals surface area contributed by atoms with Crippen molar-refractivity contribution in [3.63, 3.8) is 0 Å². The lowest BCUT2D eigenvalue weighted by Crippen LogP contribution is -2.46. The summed E-state index contributed by atoms with van der Waals surface area (Å²) in [4.78, 5) is 14.3. The second kappa shape index (κ2) is 7.25. The van der Waals surface area contributed by atoms with Gasteiger partial charge in [-0.15, -0.1) is 0 Å². The maximum Gasteiger partial charge on any atom is 0.220 e. The maximum atomic E-state index is 12.0. The minimum absolute atomic E-state index is 0.246. The summed E-state index contributed by atoms with van der Waals surface area (Å²) in [5.74, 6) is 0.967. The molecule has 19 heavy (non-hydrogen) atoms. The van der Waals surface area contributed by atoms with Crippen molar-refractivity contribution in [1.82, 2.24) is 10.2 Å². The molecule has 1 unspecified atom stereocenters. The van der Waals surface area contributed by atoms with Crippen molar-refractivity contribution >= 4 is 5.91 Å². The molecule has 0 radical (unpaired) electrons. The SMILES string of the molecule is CN1CCCC(NC(=O)CCC2CCC(N)CC2)C1. The number of nitrogens with one attached hydrogen (secondary N) is 1. The van der Waals surface area contributed by atoms with E-state index in [4.69, 9.17) is 5.73 Å². The molecule has 0 aromatic rings. The Morgan fingerprint density at radius 2 is 2.00 bits per heavy atom. The molecule has 4 nitrogen and oxygen atoms in total. The number of hydrogen-bond acceptors (Lipinski definition) is 3. The van der Waals surface area contributed by atoms with Gasteiger partial charge >= 0.3 is 0 Å². The number of likely N-dealkylation sites (tertiary alicyclic amines) is 1. The first-order valence-corrected chi connectivity index (χ1v) is 7.87. The van der Waals surface area contributed by atoms with E-state index in [2.05, 4.69) is 17.3 Å². The smallest absolute Gasteiger partial charge is 0.220 e. The molecular formula is C15H29N3O. The summed E-state index contributed by atoms with van der Waals surface area (Å²) in [5, 5.41) is 3.19. The topological polar surface area (TPSA) is 58.4 Å². The Morgan fingerprint density at radius 3 is 2.68 bits per heavy atom. The van der Waals surface area contributed by atoms with E-state index in [-0.39, 0.29) is 5.91 Å². The maximum absolute atomic E-state index is 12.0. The van der Waals surface area contributed by atoms with Crippen molar-refractivity contribution < 1.29 is 4.79 Å². The van der Waals surface area contributed by atoms with E-state index in [9.17, 15) is 4.79 Å². The fraction of sp³-hybridized carbons (Fsp3) is 0.933. The number of nitrogens with zero attached hydrogens (tertiary/aromatic N) is 1. The van der Waals surface area contributed by atoms with Gasteiger partial charge in [-0.3, -0.25) is 4.79 Å². The molecule has 1 heterocycles. The molecule has 110 valence electrons. The van der Waals surface area contributed by atoms with E-state index in [0.717, 1.165) is 44.7 Å². The van der Waals surface area contributed by atoms with Gasteiger partial charge in [-0.2, -0.15) is 0 Å². The first-order valence-electron chi connectivity index (χ1n) is 7.87. The lowest BCUT2D eigenvalue weighted by molar-refractivity contribution is -0.122. The molecule has 3 N–H and O–H groups in total. The first-order chi connectivity index (χ1) is 9.13. The van der Waals surface area contributed by atoms with Crippen LogP contribution in [0.25, 0.3) is 0 Å². The van der Waals surface area contributed by atoms with Gasteiger partial charge in [0.15, 0.2) is 0 Å². The first kappa shape index (κ1) is 14.8. The Bertz CT molecular complexity index is 287. The molecule has 2 rings (SSSR count). The zero-order chi connectivity index (χ0) is 13.7. The second-order valence-electron chi connectivity index (χ2n) is 6.49. The molecule has 0 aromatic heterocycles. The molecule has 1 saturated carbocycles. The van der Waals surface area contributed by atoms with Gasteiger partial charge in [0, 0.05) is 25.0 Å². The molecule has 1 aliphatic heterocycles. The van der Waals surface area contributed by atoms with E-state index in [1.165, 1.54) is 19.3 Å². The van der Waals surface area contributed by atoms with Gasteiger partial charge in [-0.05, 0) is 64.5 Å². The van der Waals surface area contributed by atoms with Crippen LogP contribution in [0.4, 0.5) is 0 Å². The zero-order valence-corrected chi connectivity index (χ0v) is 12.2. The summed E-state index contributed by atoms with van der Waals surface area (Å²) in [6.45, 7) is 2.17. The number of piperidine rings is 1. The van der Waals surface area contributed by atoms with Crippen LogP contribution < -0.4 is 11.1 Å². The summed E-state index contributed by atoms with van der Waals surface area (Å²) in [5.41, 5.74) is 5.91. The van der Waals surface area contributed by atoms with E-state index in [1.807, 2.05) is 0 Å². The predicted molar refractivity (Wildman–Crippen MR) is 77.8 cm³/mol. The van der Waals surface area contributed by atoms with Crippen LogP contribution in [-0.2, 0) is 4.79 Å². The molecule has 4 heteroatoms. The molecule has 0 aromatic carbocycles. The Kier molecular flexibility index (Phi) is 5.64. The Hall–Kier alpha value is -0.610. The molecule has 2 aliphatic rings. The molecule has 1 atom stereocenters. The number of nitrogens with two attached hydrogens (primary N) is 1. The van der Waals surface area contributed by atoms with Crippen molar-refractivity contribution in [3.05, 3.63) is 0 Å². The van der Waals surface area contributed by atoms with Gasteiger partial charge < -0.3 is 16.0 Å². The van der Waals surface area contributed by atoms with Crippen molar-refractivity contribution in [2.24, 2.45) is 11.7 Å². The summed E-state index contributed by atoms with van der Waals surface area (Å²) in [7, 11) is 2.13. The van der Waals surface area contributed by atoms with Crippen LogP contribution in [0.15, 0.2) is 0 Å². The van der Waals surface area contributed by atoms with Crippen LogP contribution in [0.2, 0.25) is 0 Å². The van der Waals surface area contributed by atoms with E-state index in [0.29, 0.717) is 18.5 Å². The third-order valence-corrected chi connectivity index (χ3v) is 4.66. The molecule has 1 aliphatic carbocycles. The summed E-state index contributed by atoms with van der Waals surface area (Å²) >= 11 is 0. The summed E-state index contributed by atoms with van der Waals surface area (Å²) in [6.07, 6.45) is 8.76. The third-order valence-electron chi connectivity index (χ3n) is 4.66. The fourth-order valence-electron chi connectivity index (χ4n) is 3.40. The van der Waals surface area contributed by atoms with Crippen molar-refractivity contribution in [1.29, 1.82) is 0 Å². The van der Waals surface area contributed by atoms with Gasteiger partial charge in [0.25, 0.3) is 0 Å². The predicted octanol–water partition coefficient (Wildman–Crippen LogP) is 1.49. The highest BCUT2D eigenvalue weighted by Gasteiger charge is 2.21. The van der Waals surface area contributed by atoms with Gasteiger partial charge in [0.2, 0.25) is 5.91 Å². The molecule has 1 amide bonds. The number of likely N-dealkylation sites (N-methyl/N-ethyl adjacent to an activating group) is 1. The summed E-state index contributed by atoms with van der Waals surface area (Å²) < 4.78 is 0. The fourth-order valence-corrected chi connectivity index (χ4v) is 3.40. The molecule has 0 bridgehead atoms. The minimum Gasteiger partial charge on any atom is -0.352 e. The highest BCUT2D eigenvalue weighted by Crippen LogP contribution is 2.26. The van der Waals surface area contributed by atoms with Crippen LogP contribution >= 0.6 is 0 Å². The van der Waals surface area contributed by atoms with Gasteiger partial charge in [0.1, 0.15) is 0 Å². The van der Waals surface area contributed by atoms with Gasteiger partial charge in [0.05, 0.1) is 0 Å². The van der Waals surface area contributed by atoms with Crippen LogP contribution in [0.3, 0.4) is 0 Å². The van der Waals surface area contributed by atoms with Gasteiger partial charge in [-0.25, -0.2) is 0 Å². The van der Waals surface area contributed by atoms with Crippen LogP contribution in [0.5, 0.6) is 0 Å². The van der Waals surface area contributed by atoms with E-state index >= 15 is 0 Å². The monoisotopic (exact) mass is 267 g/mol. The standard InChI is InChI=1S/C15H29N3O/c1-18-10-2-3-14(11-18)17-15(19)9-6-12-4-7-13(16)8-5-12/h12-14H,2-11,16H2,1H3,(H,17,19). The quantitative estimate of drug-likeness (QED) is 0.811. The lowest BCUT2D eigenvalue weighted by Gasteiger charge is -2.30. The van der Waals surface area contributed by atoms with Crippen molar-refractivity contribution in [2.75, 3.05) is 20.1 Å². The Balaban J connectivity index is 1.61. The molecular weight excluding hydrogens is 238 g/mol. The second-order valence-corrected chi connectivity index (χ2v) is 6.49. The number of carbonyl (C=O) groups excluding carboxylic acids is 1. The molecule has 2 fully saturated rings. The highest BCUT2D eigenvalue weighted by atomic mass is 16.1. The average Bonchev–Trinajstić information content (AvgIpc) is 2.38. The van der Waals surface area contributed by atoms with Crippen LogP contribution in [-0.4, -0.2) is 43.0 Å². The van der Waals surface area contributed by atoms with Crippen molar-refractivity contribution in [2.45, 2.75) is 63.5 Å². The van der Waals surface area contributed by atoms with Crippen molar-refractivity contribution in [3.8, 4) is 0 Å². The third kappa shape index (κ3) is 5.11. The molecule has 0 spiro atoms. The normalized spacial score (nSPS) is 33.1. The number of rotatable bonds is 4. The number of amides is 1. The highest BCUT2D eigenvalue weighted by molar-refractivity contribution is 5.76. The number of hydrogen-bond donors (Lipinski definition) is 2. The average molecular weight is 267 g/mol. The molecule has 1 saturated heterocycles. The Labute approximate surface area is 117 Å². The van der Waals surface area contributed by atoms with E-state index in [1.54, 1.807) is 0 Å². The summed E-state index contributed by atoms with van der Waals surface area (Å²) in [6, 6.07) is 0.772. The minimum atomic E-state index is 0.246. The zero-order valence-electron chi connectivity index (χ0n) is 12.2. The largest absolute Gasteiger partial charge is 0.352 e. The number of carbonyl (C=O) groups is 1.